The molecule has 1 aliphatic rings. The summed E-state index contributed by atoms with van der Waals surface area (Å²) < 4.78 is 16.5. The van der Waals surface area contributed by atoms with Gasteiger partial charge in [0.2, 0.25) is 5.43 Å². The van der Waals surface area contributed by atoms with Crippen LogP contribution in [0.3, 0.4) is 0 Å². The van der Waals surface area contributed by atoms with E-state index in [1.807, 2.05) is 17.0 Å². The molecule has 1 fully saturated rings. The van der Waals surface area contributed by atoms with Crippen molar-refractivity contribution in [3.63, 3.8) is 0 Å². The fourth-order valence-electron chi connectivity index (χ4n) is 3.64. The maximum absolute atomic E-state index is 14.9. The van der Waals surface area contributed by atoms with E-state index in [4.69, 9.17) is 11.6 Å². The Kier molecular flexibility index (Phi) is 5.25. The third-order valence-electron chi connectivity index (χ3n) is 5.14. The van der Waals surface area contributed by atoms with Gasteiger partial charge in [-0.05, 0) is 23.8 Å². The molecule has 0 unspecified atom stereocenters. The first-order chi connectivity index (χ1) is 14.0. The van der Waals surface area contributed by atoms with Crippen LogP contribution >= 0.6 is 11.6 Å². The van der Waals surface area contributed by atoms with Crippen molar-refractivity contribution < 1.29 is 14.3 Å². The lowest BCUT2D eigenvalue weighted by molar-refractivity contribution is 0.0695. The van der Waals surface area contributed by atoms with Crippen LogP contribution in [-0.2, 0) is 6.54 Å². The summed E-state index contributed by atoms with van der Waals surface area (Å²) in [4.78, 5) is 26.2. The predicted octanol–water partition coefficient (Wildman–Crippen LogP) is 2.95. The van der Waals surface area contributed by atoms with Crippen molar-refractivity contribution in [2.75, 3.05) is 31.1 Å². The summed E-state index contributed by atoms with van der Waals surface area (Å²) in [5, 5.41) is 13.2. The van der Waals surface area contributed by atoms with Crippen molar-refractivity contribution in [1.82, 2.24) is 9.88 Å². The van der Waals surface area contributed by atoms with Gasteiger partial charge in [-0.2, -0.15) is 0 Å². The molecule has 0 aliphatic carbocycles. The van der Waals surface area contributed by atoms with Gasteiger partial charge in [-0.25, -0.2) is 9.18 Å². The van der Waals surface area contributed by atoms with Crippen LogP contribution in [0.1, 0.15) is 15.9 Å². The van der Waals surface area contributed by atoms with Crippen molar-refractivity contribution in [2.24, 2.45) is 0 Å². The fraction of sp³-hybridized carbons (Fsp3) is 0.238. The van der Waals surface area contributed by atoms with E-state index < -0.39 is 22.8 Å². The number of aromatic nitrogens is 1. The van der Waals surface area contributed by atoms with Crippen LogP contribution in [0.5, 0.6) is 0 Å². The standard InChI is InChI=1S/C21H19ClFN3O3/c22-16-4-2-1-3-13(16)11-26-12-15(21(28)29)20(27)14-9-17(23)19(10-18(14)26)25-7-5-24-6-8-25/h1-4,9-10,12,24H,5-8,11H2,(H,28,29). The normalized spacial score (nSPS) is 14.3. The summed E-state index contributed by atoms with van der Waals surface area (Å²) in [5.74, 6) is -1.89. The molecule has 4 rings (SSSR count). The average molecular weight is 416 g/mol. The number of hydrogen-bond donors (Lipinski definition) is 2. The molecule has 0 amide bonds. The largest absolute Gasteiger partial charge is 0.477 e. The predicted molar refractivity (Wildman–Crippen MR) is 111 cm³/mol. The number of fused-ring (bicyclic) bond motifs is 1. The number of carboxylic acids is 1. The molecule has 8 heteroatoms. The van der Waals surface area contributed by atoms with Gasteiger partial charge in [0.1, 0.15) is 11.4 Å². The molecule has 1 aliphatic heterocycles. The Morgan fingerprint density at radius 1 is 1.21 bits per heavy atom. The molecule has 6 nitrogen and oxygen atoms in total. The Bertz CT molecular complexity index is 1160. The lowest BCUT2D eigenvalue weighted by atomic mass is 10.1. The smallest absolute Gasteiger partial charge is 0.341 e. The van der Waals surface area contributed by atoms with Gasteiger partial charge in [0.25, 0.3) is 0 Å². The summed E-state index contributed by atoms with van der Waals surface area (Å²) in [7, 11) is 0. The molecule has 3 aromatic rings. The fourth-order valence-corrected chi connectivity index (χ4v) is 3.84. The van der Waals surface area contributed by atoms with E-state index in [-0.39, 0.29) is 11.9 Å². The monoisotopic (exact) mass is 415 g/mol. The van der Waals surface area contributed by atoms with E-state index in [9.17, 15) is 19.1 Å². The number of pyridine rings is 1. The van der Waals surface area contributed by atoms with Crippen LogP contribution in [-0.4, -0.2) is 41.8 Å². The molecule has 2 aromatic carbocycles. The molecule has 2 heterocycles. The van der Waals surface area contributed by atoms with E-state index in [1.165, 1.54) is 6.20 Å². The van der Waals surface area contributed by atoms with Gasteiger partial charge in [-0.3, -0.25) is 4.79 Å². The maximum Gasteiger partial charge on any atom is 0.341 e. The zero-order valence-electron chi connectivity index (χ0n) is 15.5. The number of rotatable bonds is 4. The van der Waals surface area contributed by atoms with Gasteiger partial charge in [0, 0.05) is 49.3 Å². The third kappa shape index (κ3) is 3.71. The van der Waals surface area contributed by atoms with E-state index >= 15 is 0 Å². The molecule has 1 aromatic heterocycles. The number of carbonyl (C=O) groups is 1. The number of piperazine rings is 1. The van der Waals surface area contributed by atoms with Gasteiger partial charge in [-0.1, -0.05) is 29.8 Å². The Balaban J connectivity index is 1.93. The minimum Gasteiger partial charge on any atom is -0.477 e. The second kappa shape index (κ2) is 7.85. The van der Waals surface area contributed by atoms with Crippen LogP contribution in [0.2, 0.25) is 5.02 Å². The van der Waals surface area contributed by atoms with Crippen LogP contribution in [0.25, 0.3) is 10.9 Å². The molecule has 29 heavy (non-hydrogen) atoms. The average Bonchev–Trinajstić information content (AvgIpc) is 2.72. The number of anilines is 1. The second-order valence-corrected chi connectivity index (χ2v) is 7.36. The zero-order valence-corrected chi connectivity index (χ0v) is 16.2. The SMILES string of the molecule is O=C(O)c1cn(Cc2ccccc2Cl)c2cc(N3CCNCC3)c(F)cc2c1=O. The van der Waals surface area contributed by atoms with Crippen molar-refractivity contribution in [1.29, 1.82) is 0 Å². The van der Waals surface area contributed by atoms with Gasteiger partial charge in [0.05, 0.1) is 11.2 Å². The van der Waals surface area contributed by atoms with Gasteiger partial charge >= 0.3 is 5.97 Å². The first kappa shape index (κ1) is 19.4. The van der Waals surface area contributed by atoms with Crippen LogP contribution in [0, 0.1) is 5.82 Å². The molecule has 2 N–H and O–H groups in total. The highest BCUT2D eigenvalue weighted by molar-refractivity contribution is 6.31. The van der Waals surface area contributed by atoms with Crippen molar-refractivity contribution in [3.05, 3.63) is 74.8 Å². The van der Waals surface area contributed by atoms with Crippen molar-refractivity contribution in [2.45, 2.75) is 6.54 Å². The molecule has 0 saturated carbocycles. The molecule has 150 valence electrons. The van der Waals surface area contributed by atoms with Crippen LogP contribution < -0.4 is 15.6 Å². The first-order valence-corrected chi connectivity index (χ1v) is 9.62. The third-order valence-corrected chi connectivity index (χ3v) is 5.50. The minimum atomic E-state index is -1.35. The van der Waals surface area contributed by atoms with E-state index in [0.717, 1.165) is 24.7 Å². The van der Waals surface area contributed by atoms with Crippen molar-refractivity contribution in [3.8, 4) is 0 Å². The van der Waals surface area contributed by atoms with Gasteiger partial charge in [0.15, 0.2) is 0 Å². The highest BCUT2D eigenvalue weighted by Crippen LogP contribution is 2.27. The molecule has 0 radical (unpaired) electrons. The van der Waals surface area contributed by atoms with Crippen LogP contribution in [0.4, 0.5) is 10.1 Å². The lowest BCUT2D eigenvalue weighted by Crippen LogP contribution is -2.43. The number of carboxylic acid groups (broad SMARTS) is 1. The molecular weight excluding hydrogens is 397 g/mol. The lowest BCUT2D eigenvalue weighted by Gasteiger charge is -2.30. The number of benzene rings is 2. The number of hydrogen-bond acceptors (Lipinski definition) is 4. The molecule has 0 spiro atoms. The molecule has 0 bridgehead atoms. The highest BCUT2D eigenvalue weighted by atomic mass is 35.5. The van der Waals surface area contributed by atoms with Crippen molar-refractivity contribution >= 4 is 34.2 Å². The summed E-state index contributed by atoms with van der Waals surface area (Å²) in [5.41, 5.74) is 0.528. The summed E-state index contributed by atoms with van der Waals surface area (Å²) in [6.07, 6.45) is 1.30. The second-order valence-electron chi connectivity index (χ2n) is 6.95. The first-order valence-electron chi connectivity index (χ1n) is 9.25. The summed E-state index contributed by atoms with van der Waals surface area (Å²) >= 11 is 6.27. The highest BCUT2D eigenvalue weighted by Gasteiger charge is 2.20. The number of nitrogens with one attached hydrogen (secondary N) is 1. The van der Waals surface area contributed by atoms with Crippen LogP contribution in [0.15, 0.2) is 47.4 Å². The van der Waals surface area contributed by atoms with Gasteiger partial charge in [-0.15, -0.1) is 0 Å². The Morgan fingerprint density at radius 3 is 2.62 bits per heavy atom. The molecule has 1 saturated heterocycles. The van der Waals surface area contributed by atoms with E-state index in [1.54, 1.807) is 22.8 Å². The quantitative estimate of drug-likeness (QED) is 0.685. The number of nitrogens with zero attached hydrogens (tertiary/aromatic N) is 2. The number of halogens is 2. The molecular formula is C21H19ClFN3O3. The zero-order chi connectivity index (χ0) is 20.5. The number of aromatic carboxylic acids is 1. The summed E-state index contributed by atoms with van der Waals surface area (Å²) in [6.45, 7) is 3.02. The van der Waals surface area contributed by atoms with E-state index in [0.29, 0.717) is 29.3 Å². The van der Waals surface area contributed by atoms with Gasteiger partial charge < -0.3 is 19.9 Å². The maximum atomic E-state index is 14.9. The Morgan fingerprint density at radius 2 is 1.93 bits per heavy atom. The minimum absolute atomic E-state index is 0.0355. The van der Waals surface area contributed by atoms with E-state index in [2.05, 4.69) is 5.32 Å². The topological polar surface area (TPSA) is 74.6 Å². The summed E-state index contributed by atoms with van der Waals surface area (Å²) in [6, 6.07) is 9.97. The Labute approximate surface area is 171 Å². The Hall–Kier alpha value is -2.90. The molecule has 0 atom stereocenters.